The molecule has 31 heavy (non-hydrogen) atoms. The molecule has 0 aliphatic rings. The van der Waals surface area contributed by atoms with Crippen LogP contribution in [0.25, 0.3) is 16.9 Å². The SMILES string of the molecule is Cc1cc(Cl)ccc1NC(=O)c1cc(-c2ccc(Cl)c(Cl)c2)n(-c2cccc(Cl)c2)n1. The fourth-order valence-corrected chi connectivity index (χ4v) is 3.82. The molecule has 0 aliphatic heterocycles. The summed E-state index contributed by atoms with van der Waals surface area (Å²) in [6, 6.07) is 19.4. The summed E-state index contributed by atoms with van der Waals surface area (Å²) in [5.74, 6) is -0.354. The van der Waals surface area contributed by atoms with Gasteiger partial charge in [-0.2, -0.15) is 5.10 Å². The zero-order valence-corrected chi connectivity index (χ0v) is 19.2. The van der Waals surface area contributed by atoms with Crippen LogP contribution in [-0.2, 0) is 0 Å². The molecule has 1 N–H and O–H groups in total. The number of rotatable bonds is 4. The molecule has 0 saturated carbocycles. The fourth-order valence-electron chi connectivity index (χ4n) is 3.11. The molecule has 8 heteroatoms. The summed E-state index contributed by atoms with van der Waals surface area (Å²) >= 11 is 24.5. The number of nitrogens with one attached hydrogen (secondary N) is 1. The zero-order valence-electron chi connectivity index (χ0n) is 16.2. The maximum atomic E-state index is 13.0. The van der Waals surface area contributed by atoms with Crippen LogP contribution in [0, 0.1) is 6.92 Å². The van der Waals surface area contributed by atoms with Crippen molar-refractivity contribution < 1.29 is 4.79 Å². The molecule has 156 valence electrons. The molecular weight excluding hydrogens is 476 g/mol. The van der Waals surface area contributed by atoms with Gasteiger partial charge >= 0.3 is 0 Å². The lowest BCUT2D eigenvalue weighted by Gasteiger charge is -2.09. The average Bonchev–Trinajstić information content (AvgIpc) is 3.18. The van der Waals surface area contributed by atoms with E-state index in [2.05, 4.69) is 10.4 Å². The van der Waals surface area contributed by atoms with E-state index in [0.717, 1.165) is 11.1 Å². The van der Waals surface area contributed by atoms with Crippen molar-refractivity contribution in [3.05, 3.63) is 98.1 Å². The highest BCUT2D eigenvalue weighted by atomic mass is 35.5. The Bertz CT molecular complexity index is 1300. The van der Waals surface area contributed by atoms with Crippen LogP contribution in [0.2, 0.25) is 20.1 Å². The largest absolute Gasteiger partial charge is 0.320 e. The van der Waals surface area contributed by atoms with E-state index >= 15 is 0 Å². The van der Waals surface area contributed by atoms with Crippen molar-refractivity contribution in [3.63, 3.8) is 0 Å². The summed E-state index contributed by atoms with van der Waals surface area (Å²) in [7, 11) is 0. The van der Waals surface area contributed by atoms with Gasteiger partial charge in [0.1, 0.15) is 0 Å². The number of aromatic nitrogens is 2. The first-order valence-corrected chi connectivity index (χ1v) is 10.7. The fraction of sp³-hybridized carbons (Fsp3) is 0.0435. The minimum absolute atomic E-state index is 0.232. The lowest BCUT2D eigenvalue weighted by molar-refractivity contribution is 0.102. The highest BCUT2D eigenvalue weighted by Crippen LogP contribution is 2.31. The minimum Gasteiger partial charge on any atom is -0.320 e. The van der Waals surface area contributed by atoms with E-state index in [9.17, 15) is 4.79 Å². The molecule has 4 nitrogen and oxygen atoms in total. The molecule has 3 aromatic carbocycles. The smallest absolute Gasteiger partial charge is 0.276 e. The second kappa shape index (κ2) is 8.93. The maximum Gasteiger partial charge on any atom is 0.276 e. The standard InChI is InChI=1S/C23H15Cl4N3O/c1-13-9-16(25)6-8-20(13)28-23(31)21-12-22(14-5-7-18(26)19(27)10-14)30(29-21)17-4-2-3-15(24)11-17/h2-12H,1H3,(H,28,31). The maximum absolute atomic E-state index is 13.0. The molecule has 1 heterocycles. The normalized spacial score (nSPS) is 10.9. The van der Waals surface area contributed by atoms with Crippen LogP contribution < -0.4 is 5.32 Å². The van der Waals surface area contributed by atoms with Crippen molar-refractivity contribution in [2.24, 2.45) is 0 Å². The number of anilines is 1. The van der Waals surface area contributed by atoms with Crippen LogP contribution >= 0.6 is 46.4 Å². The summed E-state index contributed by atoms with van der Waals surface area (Å²) in [6.45, 7) is 1.87. The van der Waals surface area contributed by atoms with E-state index < -0.39 is 0 Å². The minimum atomic E-state index is -0.354. The predicted molar refractivity (Wildman–Crippen MR) is 128 cm³/mol. The molecule has 0 unspecified atom stereocenters. The van der Waals surface area contributed by atoms with Crippen LogP contribution in [-0.4, -0.2) is 15.7 Å². The third kappa shape index (κ3) is 4.73. The first kappa shape index (κ1) is 21.7. The highest BCUT2D eigenvalue weighted by Gasteiger charge is 2.18. The molecule has 0 bridgehead atoms. The monoisotopic (exact) mass is 489 g/mol. The molecule has 1 amide bonds. The Balaban J connectivity index is 1.78. The molecule has 1 aromatic heterocycles. The second-order valence-electron chi connectivity index (χ2n) is 6.85. The quantitative estimate of drug-likeness (QED) is 0.318. The topological polar surface area (TPSA) is 46.9 Å². The number of amides is 1. The second-order valence-corrected chi connectivity index (χ2v) is 8.54. The van der Waals surface area contributed by atoms with Crippen LogP contribution in [0.15, 0.2) is 66.7 Å². The van der Waals surface area contributed by atoms with E-state index in [1.807, 2.05) is 25.1 Å². The molecule has 0 aliphatic carbocycles. The van der Waals surface area contributed by atoms with Crippen molar-refractivity contribution in [1.82, 2.24) is 9.78 Å². The molecule has 0 atom stereocenters. The lowest BCUT2D eigenvalue weighted by atomic mass is 10.1. The van der Waals surface area contributed by atoms with Crippen LogP contribution in [0.5, 0.6) is 0 Å². The summed E-state index contributed by atoms with van der Waals surface area (Å²) in [5.41, 5.74) is 3.86. The molecule has 4 rings (SSSR count). The summed E-state index contributed by atoms with van der Waals surface area (Å²) in [6.07, 6.45) is 0. The van der Waals surface area contributed by atoms with Gasteiger partial charge in [-0.15, -0.1) is 0 Å². The van der Waals surface area contributed by atoms with E-state index in [0.29, 0.717) is 37.2 Å². The molecule has 4 aromatic rings. The summed E-state index contributed by atoms with van der Waals surface area (Å²) in [5, 5.41) is 9.41. The zero-order chi connectivity index (χ0) is 22.1. The van der Waals surface area contributed by atoms with E-state index in [4.69, 9.17) is 46.4 Å². The molecule has 0 radical (unpaired) electrons. The Morgan fingerprint density at radius 2 is 1.65 bits per heavy atom. The molecule has 0 spiro atoms. The number of halogens is 4. The first-order valence-electron chi connectivity index (χ1n) is 9.21. The van der Waals surface area contributed by atoms with Gasteiger partial charge in [0, 0.05) is 21.3 Å². The van der Waals surface area contributed by atoms with Crippen molar-refractivity contribution in [2.45, 2.75) is 6.92 Å². The predicted octanol–water partition coefficient (Wildman–Crippen LogP) is 7.71. The third-order valence-corrected chi connectivity index (χ3v) is 5.86. The average molecular weight is 491 g/mol. The Kier molecular flexibility index (Phi) is 6.26. The Morgan fingerprint density at radius 3 is 2.35 bits per heavy atom. The van der Waals surface area contributed by atoms with Gasteiger partial charge in [0.25, 0.3) is 5.91 Å². The van der Waals surface area contributed by atoms with E-state index in [-0.39, 0.29) is 11.6 Å². The van der Waals surface area contributed by atoms with Gasteiger partial charge in [0.2, 0.25) is 0 Å². The summed E-state index contributed by atoms with van der Waals surface area (Å²) < 4.78 is 1.65. The Labute approximate surface area is 199 Å². The van der Waals surface area contributed by atoms with Gasteiger partial charge in [0.15, 0.2) is 5.69 Å². The van der Waals surface area contributed by atoms with Gasteiger partial charge in [-0.05, 0) is 67.1 Å². The number of hydrogen-bond donors (Lipinski definition) is 1. The van der Waals surface area contributed by atoms with E-state index in [1.54, 1.807) is 53.2 Å². The number of carbonyl (C=O) groups excluding carboxylic acids is 1. The number of benzene rings is 3. The van der Waals surface area contributed by atoms with Gasteiger partial charge in [-0.1, -0.05) is 58.5 Å². The number of aryl methyl sites for hydroxylation is 1. The third-order valence-electron chi connectivity index (χ3n) is 4.65. The first-order chi connectivity index (χ1) is 14.8. The van der Waals surface area contributed by atoms with Crippen LogP contribution in [0.1, 0.15) is 16.1 Å². The van der Waals surface area contributed by atoms with Gasteiger partial charge in [0.05, 0.1) is 21.4 Å². The van der Waals surface area contributed by atoms with Crippen LogP contribution in [0.4, 0.5) is 5.69 Å². The van der Waals surface area contributed by atoms with Gasteiger partial charge in [-0.25, -0.2) is 4.68 Å². The molecule has 0 fully saturated rings. The van der Waals surface area contributed by atoms with Crippen molar-refractivity contribution in [2.75, 3.05) is 5.32 Å². The number of hydrogen-bond acceptors (Lipinski definition) is 2. The number of carbonyl (C=O) groups is 1. The van der Waals surface area contributed by atoms with Crippen molar-refractivity contribution in [1.29, 1.82) is 0 Å². The van der Waals surface area contributed by atoms with Crippen LogP contribution in [0.3, 0.4) is 0 Å². The van der Waals surface area contributed by atoms with Gasteiger partial charge < -0.3 is 5.32 Å². The van der Waals surface area contributed by atoms with E-state index in [1.165, 1.54) is 0 Å². The highest BCUT2D eigenvalue weighted by molar-refractivity contribution is 6.42. The Morgan fingerprint density at radius 1 is 0.871 bits per heavy atom. The molecule has 0 saturated heterocycles. The van der Waals surface area contributed by atoms with Crippen molar-refractivity contribution in [3.8, 4) is 16.9 Å². The Hall–Kier alpha value is -2.50. The lowest BCUT2D eigenvalue weighted by Crippen LogP contribution is -2.14. The van der Waals surface area contributed by atoms with Gasteiger partial charge in [-0.3, -0.25) is 4.79 Å². The number of nitrogens with zero attached hydrogens (tertiary/aromatic N) is 2. The molecular formula is C23H15Cl4N3O. The summed E-state index contributed by atoms with van der Waals surface area (Å²) in [4.78, 5) is 13.0. The van der Waals surface area contributed by atoms with Crippen molar-refractivity contribution >= 4 is 58.0 Å².